The van der Waals surface area contributed by atoms with Gasteiger partial charge < -0.3 is 4.74 Å². The van der Waals surface area contributed by atoms with Gasteiger partial charge in [0.15, 0.2) is 0 Å². The Morgan fingerprint density at radius 3 is 2.64 bits per heavy atom. The maximum Gasteiger partial charge on any atom is 0.127 e. The Morgan fingerprint density at radius 1 is 1.27 bits per heavy atom. The second-order valence-corrected chi connectivity index (χ2v) is 4.83. The molecule has 0 amide bonds. The molecule has 0 bridgehead atoms. The molecule has 0 atom stereocenters. The molecule has 0 fully saturated rings. The molecule has 1 aliphatic carbocycles. The minimum absolute atomic E-state index is 0.246. The van der Waals surface area contributed by atoms with Crippen molar-refractivity contribution in [3.05, 3.63) is 90.8 Å². The average Bonchev–Trinajstić information content (AvgIpc) is 2.66. The number of benzene rings is 1. The molecule has 0 aromatic heterocycles. The second-order valence-electron chi connectivity index (χ2n) is 4.83. The lowest BCUT2D eigenvalue weighted by Crippen LogP contribution is -1.96. The van der Waals surface area contributed by atoms with Crippen LogP contribution in [0.15, 0.2) is 73.9 Å². The predicted molar refractivity (Wildman–Crippen MR) is 93.0 cm³/mol. The highest BCUT2D eigenvalue weighted by molar-refractivity contribution is 5.67. The van der Waals surface area contributed by atoms with Crippen LogP contribution in [0.5, 0.6) is 0 Å². The quantitative estimate of drug-likeness (QED) is 0.518. The van der Waals surface area contributed by atoms with E-state index < -0.39 is 0 Å². The van der Waals surface area contributed by atoms with Crippen LogP contribution < -0.4 is 0 Å². The van der Waals surface area contributed by atoms with Crippen molar-refractivity contribution in [2.24, 2.45) is 0 Å². The molecule has 0 N–H and O–H groups in total. The minimum atomic E-state index is -0.246. The van der Waals surface area contributed by atoms with Crippen molar-refractivity contribution in [2.45, 2.75) is 19.8 Å². The van der Waals surface area contributed by atoms with Gasteiger partial charge in [0.1, 0.15) is 18.2 Å². The molecule has 1 aliphatic rings. The summed E-state index contributed by atoms with van der Waals surface area (Å²) in [6, 6.07) is 4.81. The van der Waals surface area contributed by atoms with E-state index in [2.05, 4.69) is 19.7 Å². The Hall–Kier alpha value is -2.35. The zero-order valence-corrected chi connectivity index (χ0v) is 13.1. The van der Waals surface area contributed by atoms with Gasteiger partial charge in [-0.05, 0) is 43.5 Å². The van der Waals surface area contributed by atoms with Gasteiger partial charge in [-0.1, -0.05) is 55.7 Å². The molecule has 0 saturated heterocycles. The molecule has 0 unspecified atom stereocenters. The fraction of sp³-hybridized carbons (Fsp3) is 0.200. The first-order valence-electron chi connectivity index (χ1n) is 7.28. The van der Waals surface area contributed by atoms with E-state index in [-0.39, 0.29) is 5.82 Å². The number of fused-ring (bicyclic) bond motifs is 1. The van der Waals surface area contributed by atoms with Crippen LogP contribution in [0.25, 0.3) is 5.76 Å². The highest BCUT2D eigenvalue weighted by Gasteiger charge is 2.14. The van der Waals surface area contributed by atoms with Crippen LogP contribution in [0.3, 0.4) is 0 Å². The Bertz CT molecular complexity index is 594. The smallest absolute Gasteiger partial charge is 0.127 e. The zero-order chi connectivity index (χ0) is 16.4. The maximum absolute atomic E-state index is 13.3. The number of ether oxygens (including phenoxy) is 1. The van der Waals surface area contributed by atoms with E-state index in [1.54, 1.807) is 12.2 Å². The van der Waals surface area contributed by atoms with Crippen molar-refractivity contribution in [1.29, 1.82) is 0 Å². The van der Waals surface area contributed by atoms with Gasteiger partial charge in [-0.2, -0.15) is 0 Å². The third-order valence-electron chi connectivity index (χ3n) is 3.07. The van der Waals surface area contributed by atoms with Gasteiger partial charge in [0.25, 0.3) is 0 Å². The van der Waals surface area contributed by atoms with Gasteiger partial charge in [-0.25, -0.2) is 4.39 Å². The summed E-state index contributed by atoms with van der Waals surface area (Å²) in [5.74, 6) is 0.436. The van der Waals surface area contributed by atoms with E-state index in [1.807, 2.05) is 31.2 Å². The Morgan fingerprint density at radius 2 is 2.05 bits per heavy atom. The van der Waals surface area contributed by atoms with Crippen molar-refractivity contribution in [3.63, 3.8) is 0 Å². The molecule has 0 aliphatic heterocycles. The van der Waals surface area contributed by atoms with Gasteiger partial charge in [0.2, 0.25) is 0 Å². The van der Waals surface area contributed by atoms with E-state index in [0.717, 1.165) is 29.5 Å². The summed E-state index contributed by atoms with van der Waals surface area (Å²) < 4.78 is 18.9. The van der Waals surface area contributed by atoms with Gasteiger partial charge in [0, 0.05) is 5.56 Å². The number of allylic oxidation sites excluding steroid dienone is 5. The molecule has 2 rings (SSSR count). The van der Waals surface area contributed by atoms with Crippen LogP contribution in [0.4, 0.5) is 4.39 Å². The zero-order valence-electron chi connectivity index (χ0n) is 13.1. The molecule has 0 spiro atoms. The van der Waals surface area contributed by atoms with Crippen LogP contribution in [0, 0.1) is 5.82 Å². The standard InChI is InChI=1S/C15H15FO.C5H8/c1-3-8-17-15-9-11(2)4-5-12-6-7-13(16)10-14(12)15;1-3-5-4-2/h3,6-7,9-10H,1-2,4-5,8H2;3-5H,1H2,2H3/b;5-4-. The molecular weight excluding hydrogens is 275 g/mol. The summed E-state index contributed by atoms with van der Waals surface area (Å²) in [5.41, 5.74) is 2.92. The van der Waals surface area contributed by atoms with Crippen LogP contribution >= 0.6 is 0 Å². The van der Waals surface area contributed by atoms with Crippen molar-refractivity contribution in [2.75, 3.05) is 6.61 Å². The summed E-state index contributed by atoms with van der Waals surface area (Å²) in [4.78, 5) is 0. The van der Waals surface area contributed by atoms with E-state index in [1.165, 1.54) is 12.1 Å². The number of aryl methyl sites for hydroxylation is 1. The van der Waals surface area contributed by atoms with Crippen molar-refractivity contribution in [1.82, 2.24) is 0 Å². The minimum Gasteiger partial charge on any atom is -0.489 e. The summed E-state index contributed by atoms with van der Waals surface area (Å²) in [6.45, 7) is 13.4. The molecule has 1 aromatic rings. The highest BCUT2D eigenvalue weighted by atomic mass is 19.1. The molecule has 0 heterocycles. The lowest BCUT2D eigenvalue weighted by Gasteiger charge is -2.11. The first kappa shape index (κ1) is 17.7. The molecule has 2 heteroatoms. The maximum atomic E-state index is 13.3. The largest absolute Gasteiger partial charge is 0.489 e. The summed E-state index contributed by atoms with van der Waals surface area (Å²) >= 11 is 0. The molecule has 1 aromatic carbocycles. The summed E-state index contributed by atoms with van der Waals surface area (Å²) in [5, 5.41) is 0. The van der Waals surface area contributed by atoms with Gasteiger partial charge in [-0.15, -0.1) is 0 Å². The Labute approximate surface area is 132 Å². The first-order valence-corrected chi connectivity index (χ1v) is 7.28. The third-order valence-corrected chi connectivity index (χ3v) is 3.07. The summed E-state index contributed by atoms with van der Waals surface area (Å²) in [7, 11) is 0. The molecule has 116 valence electrons. The van der Waals surface area contributed by atoms with Crippen LogP contribution in [0.1, 0.15) is 24.5 Å². The van der Waals surface area contributed by atoms with Crippen molar-refractivity contribution in [3.8, 4) is 0 Å². The summed E-state index contributed by atoms with van der Waals surface area (Å²) in [6.07, 6.45) is 10.9. The number of hydrogen-bond acceptors (Lipinski definition) is 1. The Balaban J connectivity index is 0.000000422. The van der Waals surface area contributed by atoms with E-state index in [4.69, 9.17) is 4.74 Å². The fourth-order valence-corrected chi connectivity index (χ4v) is 2.03. The molecule has 0 radical (unpaired) electrons. The predicted octanol–water partition coefficient (Wildman–Crippen LogP) is 5.62. The number of hydrogen-bond donors (Lipinski definition) is 0. The lowest BCUT2D eigenvalue weighted by molar-refractivity contribution is 0.319. The van der Waals surface area contributed by atoms with E-state index in [9.17, 15) is 4.39 Å². The number of rotatable bonds is 4. The Kier molecular flexibility index (Phi) is 7.69. The van der Waals surface area contributed by atoms with Crippen LogP contribution in [-0.4, -0.2) is 6.61 Å². The molecule has 22 heavy (non-hydrogen) atoms. The highest BCUT2D eigenvalue weighted by Crippen LogP contribution is 2.28. The van der Waals surface area contributed by atoms with Gasteiger partial charge in [-0.3, -0.25) is 0 Å². The van der Waals surface area contributed by atoms with Crippen LogP contribution in [-0.2, 0) is 11.2 Å². The topological polar surface area (TPSA) is 9.23 Å². The molecule has 1 nitrogen and oxygen atoms in total. The normalized spacial score (nSPS) is 13.4. The van der Waals surface area contributed by atoms with E-state index >= 15 is 0 Å². The van der Waals surface area contributed by atoms with Gasteiger partial charge in [0.05, 0.1) is 0 Å². The average molecular weight is 298 g/mol. The molecular formula is C20H23FO. The van der Waals surface area contributed by atoms with Crippen molar-refractivity contribution < 1.29 is 9.13 Å². The number of halogens is 1. The third kappa shape index (κ3) is 5.57. The lowest BCUT2D eigenvalue weighted by atomic mass is 10.0. The van der Waals surface area contributed by atoms with E-state index in [0.29, 0.717) is 12.4 Å². The molecule has 0 saturated carbocycles. The SMILES string of the molecule is C=C/C=C\C.C=CCOC1=CC(=C)CCc2ccc(F)cc21. The monoisotopic (exact) mass is 298 g/mol. The van der Waals surface area contributed by atoms with Crippen LogP contribution in [0.2, 0.25) is 0 Å². The fourth-order valence-electron chi connectivity index (χ4n) is 2.03. The first-order chi connectivity index (χ1) is 10.6. The van der Waals surface area contributed by atoms with Crippen molar-refractivity contribution >= 4 is 5.76 Å². The second kappa shape index (κ2) is 9.56. The van der Waals surface area contributed by atoms with Gasteiger partial charge >= 0.3 is 0 Å².